The van der Waals surface area contributed by atoms with E-state index in [1.54, 1.807) is 20.8 Å². The number of nitrogens with zero attached hydrogens (tertiary/aromatic N) is 5. The van der Waals surface area contributed by atoms with Gasteiger partial charge in [0, 0.05) is 5.69 Å². The van der Waals surface area contributed by atoms with E-state index in [2.05, 4.69) is 30.5 Å². The van der Waals surface area contributed by atoms with Gasteiger partial charge in [0.05, 0.1) is 11.4 Å². The van der Waals surface area contributed by atoms with Gasteiger partial charge in [-0.3, -0.25) is 10.1 Å². The van der Waals surface area contributed by atoms with Crippen LogP contribution in [-0.2, 0) is 0 Å². The van der Waals surface area contributed by atoms with Crippen molar-refractivity contribution in [2.75, 3.05) is 5.32 Å². The predicted octanol–water partition coefficient (Wildman–Crippen LogP) is 1.49. The van der Waals surface area contributed by atoms with E-state index < -0.39 is 5.91 Å². The first kappa shape index (κ1) is 13.3. The molecular weight excluding hydrogens is 268 g/mol. The topological polar surface area (TPSA) is 93.6 Å². The van der Waals surface area contributed by atoms with Crippen LogP contribution in [0.2, 0.25) is 5.28 Å². The summed E-state index contributed by atoms with van der Waals surface area (Å²) in [5.74, 6) is -0.335. The fourth-order valence-corrected chi connectivity index (χ4v) is 1.55. The van der Waals surface area contributed by atoms with Gasteiger partial charge in [-0.15, -0.1) is 5.10 Å². The van der Waals surface area contributed by atoms with E-state index in [-0.39, 0.29) is 16.9 Å². The van der Waals surface area contributed by atoms with Gasteiger partial charge in [0.1, 0.15) is 5.69 Å². The lowest BCUT2D eigenvalue weighted by Gasteiger charge is -2.05. The summed E-state index contributed by atoms with van der Waals surface area (Å²) in [6.07, 6.45) is 0. The van der Waals surface area contributed by atoms with Crippen molar-refractivity contribution >= 4 is 23.5 Å². The molecule has 0 bridgehead atoms. The summed E-state index contributed by atoms with van der Waals surface area (Å²) < 4.78 is 0. The Kier molecular flexibility index (Phi) is 3.66. The second-order valence-corrected chi connectivity index (χ2v) is 4.26. The van der Waals surface area contributed by atoms with E-state index in [4.69, 9.17) is 11.6 Å². The average molecular weight is 279 g/mol. The summed E-state index contributed by atoms with van der Waals surface area (Å²) in [6, 6.07) is 1.52. The summed E-state index contributed by atoms with van der Waals surface area (Å²) in [6.45, 7) is 5.29. The number of amides is 1. The standard InChI is InChI=1S/C11H11ClN6O/c1-5-4-8(15-10(12)13-5)9(19)16-11-14-6(2)7(3)17-18-11/h4H,1-3H3,(H,14,16,18,19). The molecule has 0 saturated heterocycles. The van der Waals surface area contributed by atoms with Gasteiger partial charge in [-0.05, 0) is 38.4 Å². The molecule has 7 nitrogen and oxygen atoms in total. The summed E-state index contributed by atoms with van der Waals surface area (Å²) in [5, 5.41) is 10.2. The van der Waals surface area contributed by atoms with E-state index in [0.717, 1.165) is 0 Å². The molecule has 0 aliphatic carbocycles. The largest absolute Gasteiger partial charge is 0.288 e. The summed E-state index contributed by atoms with van der Waals surface area (Å²) in [4.78, 5) is 23.8. The van der Waals surface area contributed by atoms with Crippen molar-refractivity contribution in [3.8, 4) is 0 Å². The van der Waals surface area contributed by atoms with Gasteiger partial charge in [-0.25, -0.2) is 15.0 Å². The highest BCUT2D eigenvalue weighted by Crippen LogP contribution is 2.08. The second-order valence-electron chi connectivity index (χ2n) is 3.92. The molecule has 2 rings (SSSR count). The van der Waals surface area contributed by atoms with Gasteiger partial charge in [0.15, 0.2) is 0 Å². The highest BCUT2D eigenvalue weighted by atomic mass is 35.5. The molecule has 19 heavy (non-hydrogen) atoms. The van der Waals surface area contributed by atoms with E-state index in [9.17, 15) is 4.79 Å². The number of aryl methyl sites for hydroxylation is 3. The number of carbonyl (C=O) groups excluding carboxylic acids is 1. The van der Waals surface area contributed by atoms with Gasteiger partial charge in [0.25, 0.3) is 5.91 Å². The normalized spacial score (nSPS) is 10.3. The van der Waals surface area contributed by atoms with Crippen LogP contribution < -0.4 is 5.32 Å². The molecule has 0 radical (unpaired) electrons. The van der Waals surface area contributed by atoms with Gasteiger partial charge >= 0.3 is 0 Å². The van der Waals surface area contributed by atoms with E-state index in [1.807, 2.05) is 0 Å². The molecular formula is C11H11ClN6O. The minimum Gasteiger partial charge on any atom is -0.288 e. The second kappa shape index (κ2) is 5.23. The predicted molar refractivity (Wildman–Crippen MR) is 69.0 cm³/mol. The summed E-state index contributed by atoms with van der Waals surface area (Å²) in [5.41, 5.74) is 2.16. The number of hydrogen-bond acceptors (Lipinski definition) is 6. The van der Waals surface area contributed by atoms with Crippen molar-refractivity contribution < 1.29 is 4.79 Å². The molecule has 0 atom stereocenters. The van der Waals surface area contributed by atoms with Crippen molar-refractivity contribution in [2.24, 2.45) is 0 Å². The van der Waals surface area contributed by atoms with Gasteiger partial charge in [0.2, 0.25) is 11.2 Å². The van der Waals surface area contributed by atoms with E-state index >= 15 is 0 Å². The zero-order valence-electron chi connectivity index (χ0n) is 10.6. The number of carbonyl (C=O) groups is 1. The quantitative estimate of drug-likeness (QED) is 0.837. The van der Waals surface area contributed by atoms with Crippen molar-refractivity contribution in [1.82, 2.24) is 25.1 Å². The molecule has 2 aromatic rings. The minimum atomic E-state index is -0.461. The zero-order valence-corrected chi connectivity index (χ0v) is 11.4. The molecule has 2 heterocycles. The fraction of sp³-hybridized carbons (Fsp3) is 0.273. The van der Waals surface area contributed by atoms with Crippen LogP contribution in [-0.4, -0.2) is 31.1 Å². The molecule has 0 aliphatic heterocycles. The Morgan fingerprint density at radius 3 is 2.47 bits per heavy atom. The average Bonchev–Trinajstić information content (AvgIpc) is 2.32. The van der Waals surface area contributed by atoms with E-state index in [1.165, 1.54) is 6.07 Å². The molecule has 98 valence electrons. The molecule has 0 spiro atoms. The molecule has 0 aliphatic rings. The monoisotopic (exact) mass is 278 g/mol. The molecule has 8 heteroatoms. The number of hydrogen-bond donors (Lipinski definition) is 1. The Hall–Kier alpha value is -2.15. The van der Waals surface area contributed by atoms with Crippen LogP contribution >= 0.6 is 11.6 Å². The van der Waals surface area contributed by atoms with Crippen LogP contribution in [0.5, 0.6) is 0 Å². The van der Waals surface area contributed by atoms with Crippen LogP contribution in [0.3, 0.4) is 0 Å². The molecule has 1 amide bonds. The Morgan fingerprint density at radius 2 is 1.84 bits per heavy atom. The molecule has 0 saturated carbocycles. The maximum atomic E-state index is 11.9. The van der Waals surface area contributed by atoms with Crippen molar-refractivity contribution in [3.63, 3.8) is 0 Å². The zero-order chi connectivity index (χ0) is 14.0. The lowest BCUT2D eigenvalue weighted by Crippen LogP contribution is -2.17. The smallest absolute Gasteiger partial charge is 0.276 e. The lowest BCUT2D eigenvalue weighted by molar-refractivity contribution is 0.102. The highest BCUT2D eigenvalue weighted by molar-refractivity contribution is 6.28. The number of rotatable bonds is 2. The minimum absolute atomic E-state index is 0.0179. The van der Waals surface area contributed by atoms with Crippen molar-refractivity contribution in [1.29, 1.82) is 0 Å². The van der Waals surface area contributed by atoms with Crippen LogP contribution in [0, 0.1) is 20.8 Å². The molecule has 1 N–H and O–H groups in total. The van der Waals surface area contributed by atoms with Crippen LogP contribution in [0.4, 0.5) is 5.95 Å². The van der Waals surface area contributed by atoms with Crippen LogP contribution in [0.1, 0.15) is 27.6 Å². The first-order valence-corrected chi connectivity index (χ1v) is 5.84. The summed E-state index contributed by atoms with van der Waals surface area (Å²) in [7, 11) is 0. The Bertz CT molecular complexity index is 625. The fourth-order valence-electron chi connectivity index (χ4n) is 1.32. The molecule has 0 fully saturated rings. The first-order valence-electron chi connectivity index (χ1n) is 5.46. The van der Waals surface area contributed by atoms with E-state index in [0.29, 0.717) is 17.1 Å². The Labute approximate surface area is 114 Å². The first-order chi connectivity index (χ1) is 8.95. The van der Waals surface area contributed by atoms with Crippen LogP contribution in [0.25, 0.3) is 0 Å². The van der Waals surface area contributed by atoms with Crippen molar-refractivity contribution in [2.45, 2.75) is 20.8 Å². The van der Waals surface area contributed by atoms with Crippen molar-refractivity contribution in [3.05, 3.63) is 34.1 Å². The summed E-state index contributed by atoms with van der Waals surface area (Å²) >= 11 is 5.70. The third-order valence-corrected chi connectivity index (χ3v) is 2.55. The number of nitrogens with one attached hydrogen (secondary N) is 1. The lowest BCUT2D eigenvalue weighted by atomic mass is 10.3. The maximum absolute atomic E-state index is 11.9. The SMILES string of the molecule is Cc1cc(C(=O)Nc2nnc(C)c(C)n2)nc(Cl)n1. The van der Waals surface area contributed by atoms with Gasteiger partial charge < -0.3 is 0 Å². The highest BCUT2D eigenvalue weighted by Gasteiger charge is 2.12. The molecule has 0 unspecified atom stereocenters. The van der Waals surface area contributed by atoms with Gasteiger partial charge in [-0.1, -0.05) is 0 Å². The third-order valence-electron chi connectivity index (χ3n) is 2.38. The van der Waals surface area contributed by atoms with Crippen LogP contribution in [0.15, 0.2) is 6.07 Å². The number of anilines is 1. The Morgan fingerprint density at radius 1 is 1.11 bits per heavy atom. The number of aromatic nitrogens is 5. The number of halogens is 1. The van der Waals surface area contributed by atoms with Gasteiger partial charge in [-0.2, -0.15) is 5.10 Å². The molecule has 0 aromatic carbocycles. The third kappa shape index (κ3) is 3.19. The molecule has 2 aromatic heterocycles. The Balaban J connectivity index is 2.22. The maximum Gasteiger partial charge on any atom is 0.276 e.